The van der Waals surface area contributed by atoms with Crippen molar-refractivity contribution in [1.29, 1.82) is 0 Å². The fourth-order valence-corrected chi connectivity index (χ4v) is 7.55. The number of nitrogens with zero attached hydrogens (tertiary/aromatic N) is 6. The van der Waals surface area contributed by atoms with Crippen LogP contribution in [0.5, 0.6) is 0 Å². The van der Waals surface area contributed by atoms with Crippen molar-refractivity contribution in [3.05, 3.63) is 194 Å². The first-order chi connectivity index (χ1) is 37.4. The Bertz CT molecular complexity index is 4560. The summed E-state index contributed by atoms with van der Waals surface area (Å²) in [7, 11) is 0. The van der Waals surface area contributed by atoms with Gasteiger partial charge in [0, 0.05) is 43.4 Å². The van der Waals surface area contributed by atoms with Gasteiger partial charge in [-0.25, -0.2) is 4.98 Å². The van der Waals surface area contributed by atoms with E-state index in [-0.39, 0.29) is 142 Å². The SMILES string of the molecule is [2H]c1cc([2H])c(-c2nc(-c3c([2H])cc([2H])cc3[2H])nc(-n3c4cccc(-n5c6c([2H])c([2H])c([2H])c([2H])c6c6c([2H])c([2H])c([2H])c([2H])c65)c4c4cccc(-n5c6c([2H])c([2H])c([2H])c([2H])c6c6c([2H])c([2H])c([2H])c([2H])c65)c43)n2)c([2H])c1. The molecule has 0 atom stereocenters. The Morgan fingerprint density at radius 1 is 0.351 bits per heavy atom. The second-order valence-electron chi connectivity index (χ2n) is 12.8. The summed E-state index contributed by atoms with van der Waals surface area (Å²) in [4.78, 5) is 14.3. The summed E-state index contributed by atoms with van der Waals surface area (Å²) >= 11 is 0. The molecule has 266 valence electrons. The Morgan fingerprint density at radius 2 is 0.789 bits per heavy atom. The van der Waals surface area contributed by atoms with Crippen LogP contribution in [0.1, 0.15) is 30.2 Å². The third-order valence-corrected chi connectivity index (χ3v) is 9.79. The van der Waals surface area contributed by atoms with Gasteiger partial charge in [-0.1, -0.05) is 151 Å². The molecule has 0 saturated carbocycles. The van der Waals surface area contributed by atoms with Crippen molar-refractivity contribution in [2.24, 2.45) is 0 Å². The van der Waals surface area contributed by atoms with Gasteiger partial charge in [-0.15, -0.1) is 0 Å². The number of rotatable bonds is 5. The minimum absolute atomic E-state index is 0.00588. The summed E-state index contributed by atoms with van der Waals surface area (Å²) in [6.07, 6.45) is 0. The lowest BCUT2D eigenvalue weighted by Gasteiger charge is -2.14. The highest BCUT2D eigenvalue weighted by Gasteiger charge is 2.25. The first kappa shape index (κ1) is 16.9. The van der Waals surface area contributed by atoms with Gasteiger partial charge in [-0.3, -0.25) is 4.57 Å². The van der Waals surface area contributed by atoms with Gasteiger partial charge in [0.1, 0.15) is 0 Å². The predicted octanol–water partition coefficient (Wildman–Crippen LogP) is 12.5. The van der Waals surface area contributed by atoms with E-state index in [2.05, 4.69) is 4.98 Å². The smallest absolute Gasteiger partial charge is 0.238 e. The molecule has 0 radical (unpaired) electrons. The van der Waals surface area contributed by atoms with Crippen LogP contribution in [0, 0.1) is 0 Å². The summed E-state index contributed by atoms with van der Waals surface area (Å²) in [5, 5.41) is -0.683. The van der Waals surface area contributed by atoms with E-state index < -0.39 is 96.7 Å². The number of aromatic nitrogens is 6. The molecule has 0 aliphatic heterocycles. The normalized spacial score (nSPS) is 17.3. The van der Waals surface area contributed by atoms with Crippen molar-refractivity contribution < 1.29 is 30.2 Å². The summed E-state index contributed by atoms with van der Waals surface area (Å²) in [5.74, 6) is -1.13. The third kappa shape index (κ3) is 4.68. The summed E-state index contributed by atoms with van der Waals surface area (Å²) < 4.78 is 201. The van der Waals surface area contributed by atoms with E-state index in [1.165, 1.54) is 38.0 Å². The Hall–Kier alpha value is -7.83. The number of para-hydroxylation sites is 5. The molecule has 8 aromatic carbocycles. The zero-order valence-electron chi connectivity index (χ0n) is 51.0. The maximum Gasteiger partial charge on any atom is 0.238 e. The van der Waals surface area contributed by atoms with E-state index in [1.807, 2.05) is 0 Å². The number of fused-ring (bicyclic) bond motifs is 9. The molecule has 0 amide bonds. The van der Waals surface area contributed by atoms with Crippen molar-refractivity contribution in [1.82, 2.24) is 28.7 Å². The zero-order valence-corrected chi connectivity index (χ0v) is 29.0. The highest BCUT2D eigenvalue weighted by atomic mass is 15.2. The quantitative estimate of drug-likeness (QED) is 0.176. The Balaban J connectivity index is 1.37. The van der Waals surface area contributed by atoms with E-state index in [9.17, 15) is 8.22 Å². The van der Waals surface area contributed by atoms with Crippen LogP contribution >= 0.6 is 0 Å². The van der Waals surface area contributed by atoms with Crippen LogP contribution in [0.15, 0.2) is 194 Å². The lowest BCUT2D eigenvalue weighted by molar-refractivity contribution is 0.949. The molecular formula is C51H32N6. The summed E-state index contributed by atoms with van der Waals surface area (Å²) in [6, 6.07) is 1.36. The molecule has 12 rings (SSSR count). The number of benzene rings is 8. The molecule has 12 aromatic rings. The molecule has 0 aliphatic rings. The van der Waals surface area contributed by atoms with Crippen LogP contribution in [0.2, 0.25) is 0 Å². The average molecular weight is 751 g/mol. The summed E-state index contributed by atoms with van der Waals surface area (Å²) in [6.45, 7) is 0. The van der Waals surface area contributed by atoms with Crippen molar-refractivity contribution in [2.45, 2.75) is 0 Å². The second-order valence-corrected chi connectivity index (χ2v) is 12.8. The Kier molecular flexibility index (Phi) is 3.66. The number of hydrogen-bond acceptors (Lipinski definition) is 3. The minimum Gasteiger partial charge on any atom is -0.309 e. The van der Waals surface area contributed by atoms with E-state index in [0.717, 1.165) is 24.3 Å². The molecule has 0 spiro atoms. The lowest BCUT2D eigenvalue weighted by Crippen LogP contribution is -2.08. The van der Waals surface area contributed by atoms with Gasteiger partial charge in [-0.05, 0) is 42.4 Å². The first-order valence-corrected chi connectivity index (χ1v) is 17.4. The van der Waals surface area contributed by atoms with Gasteiger partial charge in [0.2, 0.25) is 5.95 Å². The van der Waals surface area contributed by atoms with Gasteiger partial charge in [0.15, 0.2) is 11.6 Å². The minimum atomic E-state index is -0.716. The van der Waals surface area contributed by atoms with Gasteiger partial charge >= 0.3 is 0 Å². The second kappa shape index (κ2) is 12.3. The molecule has 57 heavy (non-hydrogen) atoms. The van der Waals surface area contributed by atoms with Crippen LogP contribution in [-0.4, -0.2) is 28.7 Å². The predicted molar refractivity (Wildman–Crippen MR) is 234 cm³/mol. The average Bonchev–Trinajstić information content (AvgIpc) is 3.18. The standard InChI is InChI=1S/C51H32N6/c1-3-17-33(18-4-1)49-52-50(34-19-5-2-6-20-34)54-51(53-49)57-45-31-16-30-44(55-40-26-11-7-21-35(40)36-22-8-12-27-41(36)55)47(45)39-25-15-32-46(48(39)57)56-42-28-13-9-23-37(42)38-24-10-14-29-43(38)56/h1-32H/i1D,2D,7D,8D,9D,10D,11D,12D,13D,14D,17D,18D,19D,20D,21D,22D,23D,24D,26D,27D,28D,29D. The maximum atomic E-state index is 9.42. The van der Waals surface area contributed by atoms with Crippen LogP contribution in [0.4, 0.5) is 0 Å². The molecule has 6 heteroatoms. The van der Waals surface area contributed by atoms with Crippen LogP contribution < -0.4 is 0 Å². The van der Waals surface area contributed by atoms with Crippen molar-refractivity contribution >= 4 is 65.4 Å². The highest BCUT2D eigenvalue weighted by molar-refractivity contribution is 6.19. The first-order valence-electron chi connectivity index (χ1n) is 28.4. The largest absolute Gasteiger partial charge is 0.309 e. The maximum absolute atomic E-state index is 9.42. The van der Waals surface area contributed by atoms with E-state index in [4.69, 9.17) is 31.9 Å². The van der Waals surface area contributed by atoms with Crippen molar-refractivity contribution in [3.63, 3.8) is 0 Å². The Labute approximate surface area is 358 Å². The molecule has 4 aromatic heterocycles. The fraction of sp³-hybridized carbons (Fsp3) is 0. The Morgan fingerprint density at radius 3 is 1.30 bits per heavy atom. The number of hydrogen-bond donors (Lipinski definition) is 0. The fourth-order valence-electron chi connectivity index (χ4n) is 7.55. The third-order valence-electron chi connectivity index (χ3n) is 9.79. The van der Waals surface area contributed by atoms with Gasteiger partial charge < -0.3 is 9.13 Å². The molecule has 4 heterocycles. The van der Waals surface area contributed by atoms with Crippen molar-refractivity contribution in [2.75, 3.05) is 0 Å². The molecule has 6 nitrogen and oxygen atoms in total. The zero-order chi connectivity index (χ0) is 56.6. The summed E-state index contributed by atoms with van der Waals surface area (Å²) in [5.41, 5.74) is -1.43. The molecule has 0 aliphatic carbocycles. The topological polar surface area (TPSA) is 53.5 Å². The lowest BCUT2D eigenvalue weighted by atomic mass is 10.1. The van der Waals surface area contributed by atoms with Crippen LogP contribution in [-0.2, 0) is 0 Å². The molecule has 0 N–H and O–H groups in total. The van der Waals surface area contributed by atoms with Crippen LogP contribution in [0.25, 0.3) is 106 Å². The van der Waals surface area contributed by atoms with Crippen molar-refractivity contribution in [3.8, 4) is 40.1 Å². The van der Waals surface area contributed by atoms with E-state index in [0.29, 0.717) is 0 Å². The van der Waals surface area contributed by atoms with Gasteiger partial charge in [0.25, 0.3) is 0 Å². The van der Waals surface area contributed by atoms with Gasteiger partial charge in [-0.2, -0.15) is 9.97 Å². The monoisotopic (exact) mass is 750 g/mol. The molecular weight excluding hydrogens is 697 g/mol. The highest BCUT2D eigenvalue weighted by Crippen LogP contribution is 2.43. The van der Waals surface area contributed by atoms with E-state index in [1.54, 1.807) is 12.1 Å². The van der Waals surface area contributed by atoms with Gasteiger partial charge in [0.05, 0.1) is 74.6 Å². The molecule has 0 unspecified atom stereocenters. The van der Waals surface area contributed by atoms with E-state index >= 15 is 0 Å². The molecule has 0 fully saturated rings. The molecule has 0 bridgehead atoms. The molecule has 0 saturated heterocycles. The van der Waals surface area contributed by atoms with Crippen LogP contribution in [0.3, 0.4) is 0 Å².